The first kappa shape index (κ1) is 25.9. The van der Waals surface area contributed by atoms with Gasteiger partial charge in [-0.25, -0.2) is 0 Å². The molecule has 2 aliphatic rings. The first-order valence-corrected chi connectivity index (χ1v) is 14.8. The SMILES string of the molecule is C[C@H]1[C@H]([Si](C)(C)F)[C@@H](CC(=O)N(CCO)Cc2ccccc2)O[C@]12C(=O)Nc1ccc([N+](=O)[O-])cc12. The summed E-state index contributed by atoms with van der Waals surface area (Å²) in [5.74, 6) is -1.51. The first-order chi connectivity index (χ1) is 17.0. The fraction of sp³-hybridized carbons (Fsp3) is 0.440. The van der Waals surface area contributed by atoms with Crippen molar-refractivity contribution in [3.63, 3.8) is 0 Å². The molecule has 9 nitrogen and oxygen atoms in total. The van der Waals surface area contributed by atoms with Gasteiger partial charge in [-0.15, -0.1) is 0 Å². The molecule has 2 heterocycles. The molecular weight excluding hydrogens is 485 g/mol. The Bertz CT molecular complexity index is 1170. The molecule has 0 unspecified atom stereocenters. The van der Waals surface area contributed by atoms with Crippen molar-refractivity contribution in [2.45, 2.75) is 50.2 Å². The Morgan fingerprint density at radius 2 is 1.97 bits per heavy atom. The maximum absolute atomic E-state index is 15.7. The van der Waals surface area contributed by atoms with Gasteiger partial charge in [0.2, 0.25) is 14.3 Å². The van der Waals surface area contributed by atoms with Crippen molar-refractivity contribution in [2.24, 2.45) is 5.92 Å². The minimum Gasteiger partial charge on any atom is -0.395 e. The second kappa shape index (κ2) is 9.72. The number of nitro groups is 1. The average molecular weight is 516 g/mol. The monoisotopic (exact) mass is 515 g/mol. The lowest BCUT2D eigenvalue weighted by Gasteiger charge is -2.30. The Hall–Kier alpha value is -3.15. The van der Waals surface area contributed by atoms with Crippen molar-refractivity contribution < 1.29 is 28.5 Å². The highest BCUT2D eigenvalue weighted by Crippen LogP contribution is 2.59. The van der Waals surface area contributed by atoms with Crippen molar-refractivity contribution in [1.29, 1.82) is 0 Å². The smallest absolute Gasteiger partial charge is 0.269 e. The summed E-state index contributed by atoms with van der Waals surface area (Å²) in [6.45, 7) is 4.88. The van der Waals surface area contributed by atoms with Crippen LogP contribution < -0.4 is 5.32 Å². The summed E-state index contributed by atoms with van der Waals surface area (Å²) in [5, 5.41) is 23.7. The van der Waals surface area contributed by atoms with Crippen molar-refractivity contribution in [3.05, 3.63) is 69.8 Å². The van der Waals surface area contributed by atoms with Crippen LogP contribution in [0, 0.1) is 16.0 Å². The van der Waals surface area contributed by atoms with E-state index < -0.39 is 42.4 Å². The largest absolute Gasteiger partial charge is 0.395 e. The number of amides is 2. The van der Waals surface area contributed by atoms with E-state index in [2.05, 4.69) is 5.32 Å². The Kier molecular flexibility index (Phi) is 7.00. The summed E-state index contributed by atoms with van der Waals surface area (Å²) >= 11 is 0. The third kappa shape index (κ3) is 4.53. The normalized spacial score (nSPS) is 25.0. The van der Waals surface area contributed by atoms with Gasteiger partial charge < -0.3 is 24.2 Å². The van der Waals surface area contributed by atoms with E-state index in [0.717, 1.165) is 5.56 Å². The standard InChI is InChI=1S/C25H30FN3O6Si/c1-16-23(36(2,3)26)21(14-22(31)28(11-12-30)15-17-7-5-4-6-8-17)35-25(16)19-13-18(29(33)34)9-10-20(19)27-24(25)32/h4-10,13,16,21,23,30H,11-12,14-15H2,1-3H3,(H,27,32)/t16-,21+,23-,25+/m0/s1. The van der Waals surface area contributed by atoms with Crippen LogP contribution in [0.2, 0.25) is 18.6 Å². The lowest BCUT2D eigenvalue weighted by molar-refractivity contribution is -0.385. The van der Waals surface area contributed by atoms with Crippen molar-refractivity contribution in [2.75, 3.05) is 18.5 Å². The number of aliphatic hydroxyl groups is 1. The van der Waals surface area contributed by atoms with E-state index in [9.17, 15) is 24.8 Å². The van der Waals surface area contributed by atoms with Crippen molar-refractivity contribution in [1.82, 2.24) is 4.90 Å². The lowest BCUT2D eigenvalue weighted by atomic mass is 9.82. The highest BCUT2D eigenvalue weighted by molar-refractivity contribution is 6.72. The van der Waals surface area contributed by atoms with Crippen molar-refractivity contribution in [3.8, 4) is 0 Å². The second-order valence-corrected chi connectivity index (χ2v) is 13.7. The molecule has 0 radical (unpaired) electrons. The van der Waals surface area contributed by atoms with E-state index >= 15 is 4.11 Å². The van der Waals surface area contributed by atoms with Crippen LogP contribution in [0.3, 0.4) is 0 Å². The number of anilines is 1. The Morgan fingerprint density at radius 3 is 2.58 bits per heavy atom. The zero-order valence-corrected chi connectivity index (χ0v) is 21.4. The highest BCUT2D eigenvalue weighted by atomic mass is 28.4. The van der Waals surface area contributed by atoms with E-state index in [-0.39, 0.29) is 37.7 Å². The minimum atomic E-state index is -3.48. The predicted molar refractivity (Wildman–Crippen MR) is 133 cm³/mol. The molecule has 2 aliphatic heterocycles. The Morgan fingerprint density at radius 1 is 1.28 bits per heavy atom. The maximum Gasteiger partial charge on any atom is 0.269 e. The topological polar surface area (TPSA) is 122 Å². The van der Waals surface area contributed by atoms with Gasteiger partial charge in [0, 0.05) is 47.9 Å². The molecule has 36 heavy (non-hydrogen) atoms. The number of hydrogen-bond acceptors (Lipinski definition) is 6. The molecule has 1 spiro atoms. The summed E-state index contributed by atoms with van der Waals surface area (Å²) in [5.41, 5.74) is -0.995. The highest BCUT2D eigenvalue weighted by Gasteiger charge is 2.65. The third-order valence-corrected chi connectivity index (χ3v) is 9.68. The number of hydrogen-bond donors (Lipinski definition) is 2. The van der Waals surface area contributed by atoms with Crippen LogP contribution in [0.5, 0.6) is 0 Å². The number of carbonyl (C=O) groups is 2. The van der Waals surface area contributed by atoms with Gasteiger partial charge in [-0.2, -0.15) is 0 Å². The molecule has 0 saturated carbocycles. The molecule has 2 amide bonds. The van der Waals surface area contributed by atoms with Crippen LogP contribution >= 0.6 is 0 Å². The van der Waals surface area contributed by atoms with Gasteiger partial charge in [-0.05, 0) is 24.7 Å². The van der Waals surface area contributed by atoms with Gasteiger partial charge in [0.05, 0.1) is 24.1 Å². The molecule has 2 N–H and O–H groups in total. The lowest BCUT2D eigenvalue weighted by Crippen LogP contribution is -2.42. The fourth-order valence-electron chi connectivity index (χ4n) is 5.69. The number of non-ortho nitro benzene ring substituents is 1. The average Bonchev–Trinajstić information content (AvgIpc) is 3.27. The number of rotatable bonds is 8. The number of aliphatic hydroxyl groups excluding tert-OH is 1. The van der Waals surface area contributed by atoms with Gasteiger partial charge in [0.1, 0.15) is 0 Å². The van der Waals surface area contributed by atoms with E-state index in [1.807, 2.05) is 30.3 Å². The number of carbonyl (C=O) groups excluding carboxylic acids is 2. The van der Waals surface area contributed by atoms with Crippen LogP contribution in [-0.2, 0) is 26.5 Å². The molecule has 0 bridgehead atoms. The molecule has 0 aliphatic carbocycles. The van der Waals surface area contributed by atoms with Gasteiger partial charge >= 0.3 is 0 Å². The molecule has 4 rings (SSSR count). The van der Waals surface area contributed by atoms with Crippen LogP contribution in [0.15, 0.2) is 48.5 Å². The summed E-state index contributed by atoms with van der Waals surface area (Å²) in [6, 6.07) is 13.3. The molecule has 1 fully saturated rings. The second-order valence-electron chi connectivity index (χ2n) is 9.94. The molecule has 11 heteroatoms. The zero-order chi connectivity index (χ0) is 26.3. The van der Waals surface area contributed by atoms with Crippen molar-refractivity contribution >= 4 is 31.6 Å². The summed E-state index contributed by atoms with van der Waals surface area (Å²) < 4.78 is 22.1. The number of nitro benzene ring substituents is 1. The zero-order valence-electron chi connectivity index (χ0n) is 20.4. The van der Waals surface area contributed by atoms with Gasteiger partial charge in [0.15, 0.2) is 5.60 Å². The quantitative estimate of drug-likeness (QED) is 0.239. The molecule has 2 aromatic carbocycles. The van der Waals surface area contributed by atoms with E-state index in [0.29, 0.717) is 11.3 Å². The number of fused-ring (bicyclic) bond motifs is 2. The van der Waals surface area contributed by atoms with Crippen LogP contribution in [0.25, 0.3) is 0 Å². The minimum absolute atomic E-state index is 0.0950. The molecule has 192 valence electrons. The Labute approximate surface area is 209 Å². The maximum atomic E-state index is 15.7. The molecule has 1 saturated heterocycles. The predicted octanol–water partition coefficient (Wildman–Crippen LogP) is 3.73. The first-order valence-electron chi connectivity index (χ1n) is 11.9. The van der Waals surface area contributed by atoms with Crippen LogP contribution in [0.1, 0.15) is 24.5 Å². The van der Waals surface area contributed by atoms with E-state index in [4.69, 9.17) is 4.74 Å². The summed E-state index contributed by atoms with van der Waals surface area (Å²) in [6.07, 6.45) is -1.09. The fourth-order valence-corrected chi connectivity index (χ4v) is 8.18. The molecule has 0 aromatic heterocycles. The number of benzene rings is 2. The van der Waals surface area contributed by atoms with Crippen LogP contribution in [-0.4, -0.2) is 54.4 Å². The number of ether oxygens (including phenoxy) is 1. The summed E-state index contributed by atoms with van der Waals surface area (Å²) in [4.78, 5) is 39.0. The summed E-state index contributed by atoms with van der Waals surface area (Å²) in [7, 11) is -3.48. The van der Waals surface area contributed by atoms with E-state index in [1.165, 1.54) is 36.2 Å². The third-order valence-electron chi connectivity index (χ3n) is 7.22. The molecular formula is C25H30FN3O6Si. The van der Waals surface area contributed by atoms with E-state index in [1.54, 1.807) is 6.92 Å². The number of nitrogens with zero attached hydrogens (tertiary/aromatic N) is 2. The number of nitrogens with one attached hydrogen (secondary N) is 1. The number of halogens is 1. The van der Waals surface area contributed by atoms with Crippen LogP contribution in [0.4, 0.5) is 15.5 Å². The van der Waals surface area contributed by atoms with Gasteiger partial charge in [-0.3, -0.25) is 19.7 Å². The molecule has 4 atom stereocenters. The van der Waals surface area contributed by atoms with Gasteiger partial charge in [-0.1, -0.05) is 37.3 Å². The van der Waals surface area contributed by atoms with Gasteiger partial charge in [0.25, 0.3) is 11.6 Å². The molecule has 2 aromatic rings. The Balaban J connectivity index is 1.68.